The number of allylic oxidation sites excluding steroid dienone is 1. The van der Waals surface area contributed by atoms with Gasteiger partial charge in [0.2, 0.25) is 11.6 Å². The molecule has 2 aromatic carbocycles. The van der Waals surface area contributed by atoms with Crippen LogP contribution in [0.15, 0.2) is 64.6 Å². The number of aromatic hydroxyl groups is 1. The second kappa shape index (κ2) is 9.97. The third-order valence-corrected chi connectivity index (χ3v) is 10.8. The first-order chi connectivity index (χ1) is 20.7. The van der Waals surface area contributed by atoms with Crippen LogP contribution in [0.1, 0.15) is 59.1 Å². The Kier molecular flexibility index (Phi) is 6.79. The van der Waals surface area contributed by atoms with E-state index >= 15 is 0 Å². The van der Waals surface area contributed by atoms with Crippen LogP contribution in [-0.4, -0.2) is 43.3 Å². The normalized spacial score (nSPS) is 28.1. The van der Waals surface area contributed by atoms with Crippen molar-refractivity contribution in [1.82, 2.24) is 4.98 Å². The Morgan fingerprint density at radius 2 is 1.75 bits per heavy atom. The fourth-order valence-corrected chi connectivity index (χ4v) is 9.26. The van der Waals surface area contributed by atoms with Crippen LogP contribution < -0.4 is 5.32 Å². The molecule has 9 heteroatoms. The molecule has 228 valence electrons. The topological polar surface area (TPSA) is 137 Å². The molecule has 3 aliphatic rings. The van der Waals surface area contributed by atoms with Crippen molar-refractivity contribution < 1.29 is 29.7 Å². The average Bonchev–Trinajstić information content (AvgIpc) is 3.41. The number of rotatable bonds is 5. The van der Waals surface area contributed by atoms with E-state index in [1.54, 1.807) is 26.0 Å². The number of phenolic OH excluding ortho intramolecular Hbond substituents is 1. The van der Waals surface area contributed by atoms with Gasteiger partial charge in [0, 0.05) is 27.3 Å². The average molecular weight is 613 g/mol. The summed E-state index contributed by atoms with van der Waals surface area (Å²) < 4.78 is 0. The molecule has 3 aliphatic carbocycles. The van der Waals surface area contributed by atoms with Crippen molar-refractivity contribution >= 4 is 45.3 Å². The molecule has 4 atom stereocenters. The molecule has 6 rings (SSSR count). The van der Waals surface area contributed by atoms with Crippen LogP contribution in [0.4, 0.5) is 10.8 Å². The molecule has 0 aliphatic heterocycles. The predicted molar refractivity (Wildman–Crippen MR) is 170 cm³/mol. The van der Waals surface area contributed by atoms with Crippen LogP contribution in [0.3, 0.4) is 0 Å². The molecular formula is C35H36N2O6S. The summed E-state index contributed by atoms with van der Waals surface area (Å²) >= 11 is 1.36. The number of benzene rings is 2. The summed E-state index contributed by atoms with van der Waals surface area (Å²) in [6, 6.07) is 13.2. The van der Waals surface area contributed by atoms with Crippen LogP contribution in [0.2, 0.25) is 0 Å². The summed E-state index contributed by atoms with van der Waals surface area (Å²) in [5.74, 6) is -3.60. The van der Waals surface area contributed by atoms with E-state index in [-0.39, 0.29) is 40.5 Å². The second-order valence-electron chi connectivity index (χ2n) is 13.3. The Hall–Kier alpha value is -4.08. The van der Waals surface area contributed by atoms with Crippen LogP contribution in [0.25, 0.3) is 17.0 Å². The van der Waals surface area contributed by atoms with Crippen molar-refractivity contribution in [3.63, 3.8) is 0 Å². The minimum absolute atomic E-state index is 0.0741. The van der Waals surface area contributed by atoms with Crippen molar-refractivity contribution in [3.8, 4) is 17.0 Å². The number of carbonyl (C=O) groups is 3. The summed E-state index contributed by atoms with van der Waals surface area (Å²) in [5.41, 5.74) is -1.68. The SMILES string of the molecule is CC(=O)C1=C(C)[C@@H](C(C)C)[C@]2(C)C[C@]3(C)Cc4ccc(Nc5nc(-c6ccccc6)cs5)c(O)c4C(O)=C3C(=O)[C@]2(O)C1=O. The highest BCUT2D eigenvalue weighted by atomic mass is 32.1. The van der Waals surface area contributed by atoms with Gasteiger partial charge in [-0.3, -0.25) is 14.4 Å². The Morgan fingerprint density at radius 1 is 1.07 bits per heavy atom. The second-order valence-corrected chi connectivity index (χ2v) is 14.1. The van der Waals surface area contributed by atoms with Gasteiger partial charge in [-0.25, -0.2) is 4.98 Å². The highest BCUT2D eigenvalue weighted by molar-refractivity contribution is 7.14. The van der Waals surface area contributed by atoms with Gasteiger partial charge in [-0.1, -0.05) is 69.7 Å². The monoisotopic (exact) mass is 612 g/mol. The van der Waals surface area contributed by atoms with E-state index in [9.17, 15) is 29.7 Å². The van der Waals surface area contributed by atoms with Crippen LogP contribution in [0.5, 0.6) is 5.75 Å². The van der Waals surface area contributed by atoms with E-state index in [4.69, 9.17) is 0 Å². The maximum absolute atomic E-state index is 14.5. The standard InChI is InChI=1S/C35H36N2O6S/c1-17(2)26-18(3)24(19(4)38)30(41)35(43)31(42)27-29(40)25-21(14-33(27,5)16-34(26,35)6)12-13-22(28(25)39)36-32-37-23(15-44-32)20-10-8-7-9-11-20/h7-13,15,17,26,39-40,43H,14,16H2,1-6H3,(H,36,37)/t26-,33+,34+,35-/m1/s1. The largest absolute Gasteiger partial charge is 0.507 e. The van der Waals surface area contributed by atoms with Crippen LogP contribution >= 0.6 is 11.3 Å². The number of fused-ring (bicyclic) bond motifs is 3. The first kappa shape index (κ1) is 30.0. The number of ketones is 3. The highest BCUT2D eigenvalue weighted by Gasteiger charge is 2.71. The Bertz CT molecular complexity index is 1820. The molecule has 0 saturated heterocycles. The Labute approximate surface area is 260 Å². The molecule has 8 nitrogen and oxygen atoms in total. The number of nitrogens with one attached hydrogen (secondary N) is 1. The van der Waals surface area contributed by atoms with Gasteiger partial charge in [0.25, 0.3) is 0 Å². The zero-order valence-corrected chi connectivity index (χ0v) is 26.4. The molecule has 1 heterocycles. The Balaban J connectivity index is 1.46. The van der Waals surface area contributed by atoms with Crippen molar-refractivity contribution in [2.45, 2.75) is 60.0 Å². The molecule has 0 spiro atoms. The van der Waals surface area contributed by atoms with Gasteiger partial charge < -0.3 is 20.6 Å². The molecular weight excluding hydrogens is 576 g/mol. The zero-order chi connectivity index (χ0) is 31.9. The molecule has 1 saturated carbocycles. The summed E-state index contributed by atoms with van der Waals surface area (Å²) in [7, 11) is 0. The number of nitrogens with zero attached hydrogens (tertiary/aromatic N) is 1. The zero-order valence-electron chi connectivity index (χ0n) is 25.6. The van der Waals surface area contributed by atoms with Crippen molar-refractivity contribution in [3.05, 3.63) is 75.7 Å². The highest BCUT2D eigenvalue weighted by Crippen LogP contribution is 2.65. The summed E-state index contributed by atoms with van der Waals surface area (Å²) in [5, 5.41) is 41.0. The molecule has 0 radical (unpaired) electrons. The first-order valence-electron chi connectivity index (χ1n) is 14.8. The fraction of sp³-hybridized carbons (Fsp3) is 0.371. The van der Waals surface area contributed by atoms with Crippen molar-refractivity contribution in [2.24, 2.45) is 22.7 Å². The number of aliphatic hydroxyl groups is 2. The quantitative estimate of drug-likeness (QED) is 0.144. The number of carbonyl (C=O) groups excluding carboxylic acids is 3. The van der Waals surface area contributed by atoms with E-state index in [1.165, 1.54) is 18.3 Å². The lowest BCUT2D eigenvalue weighted by molar-refractivity contribution is -0.180. The molecule has 3 aromatic rings. The fourth-order valence-electron chi connectivity index (χ4n) is 8.53. The van der Waals surface area contributed by atoms with Crippen molar-refractivity contribution in [1.29, 1.82) is 0 Å². The lowest BCUT2D eigenvalue weighted by Crippen LogP contribution is -2.70. The number of Topliss-reactive ketones (excluding diaryl/α,β-unsaturated/α-hetero) is 3. The van der Waals surface area contributed by atoms with Gasteiger partial charge in [-0.2, -0.15) is 0 Å². The molecule has 1 aromatic heterocycles. The van der Waals surface area contributed by atoms with E-state index in [2.05, 4.69) is 10.3 Å². The third kappa shape index (κ3) is 3.98. The molecule has 1 fully saturated rings. The van der Waals surface area contributed by atoms with Gasteiger partial charge in [0.1, 0.15) is 11.5 Å². The third-order valence-electron chi connectivity index (χ3n) is 10.00. The number of hydrogen-bond donors (Lipinski definition) is 4. The maximum Gasteiger partial charge on any atom is 0.206 e. The number of aromatic nitrogens is 1. The first-order valence-corrected chi connectivity index (χ1v) is 15.6. The number of anilines is 2. The minimum atomic E-state index is -2.55. The molecule has 0 bridgehead atoms. The van der Waals surface area contributed by atoms with Gasteiger partial charge in [-0.05, 0) is 50.2 Å². The van der Waals surface area contributed by atoms with Crippen molar-refractivity contribution in [2.75, 3.05) is 5.32 Å². The van der Waals surface area contributed by atoms with Gasteiger partial charge in [0.05, 0.1) is 22.5 Å². The summed E-state index contributed by atoms with van der Waals surface area (Å²) in [4.78, 5) is 45.8. The lowest BCUT2D eigenvalue weighted by atomic mass is 9.42. The number of hydrogen-bond acceptors (Lipinski definition) is 9. The van der Waals surface area contributed by atoms with E-state index < -0.39 is 45.5 Å². The smallest absolute Gasteiger partial charge is 0.206 e. The summed E-state index contributed by atoms with van der Waals surface area (Å²) in [6.45, 7) is 10.5. The van der Waals surface area contributed by atoms with E-state index in [0.29, 0.717) is 22.7 Å². The molecule has 44 heavy (non-hydrogen) atoms. The number of aliphatic hydroxyl groups excluding tert-OH is 1. The van der Waals surface area contributed by atoms with Gasteiger partial charge in [0.15, 0.2) is 16.5 Å². The van der Waals surface area contributed by atoms with E-state index in [1.807, 2.05) is 56.5 Å². The van der Waals surface area contributed by atoms with Crippen LogP contribution in [-0.2, 0) is 20.8 Å². The Morgan fingerprint density at radius 3 is 2.39 bits per heavy atom. The minimum Gasteiger partial charge on any atom is -0.507 e. The van der Waals surface area contributed by atoms with Crippen LogP contribution in [0, 0.1) is 22.7 Å². The van der Waals surface area contributed by atoms with Gasteiger partial charge in [-0.15, -0.1) is 11.3 Å². The number of thiazole rings is 1. The predicted octanol–water partition coefficient (Wildman–Crippen LogP) is 6.56. The number of phenols is 1. The molecule has 4 N–H and O–H groups in total. The molecule has 0 unspecified atom stereocenters. The maximum atomic E-state index is 14.5. The van der Waals surface area contributed by atoms with Gasteiger partial charge >= 0.3 is 0 Å². The van der Waals surface area contributed by atoms with E-state index in [0.717, 1.165) is 11.3 Å². The lowest BCUT2D eigenvalue weighted by Gasteiger charge is -2.60. The molecule has 0 amide bonds. The summed E-state index contributed by atoms with van der Waals surface area (Å²) in [6.07, 6.45) is 0.504.